The van der Waals surface area contributed by atoms with Crippen LogP contribution in [-0.4, -0.2) is 10.9 Å². The van der Waals surface area contributed by atoms with Crippen molar-refractivity contribution in [1.29, 1.82) is 0 Å². The molecule has 5 heteroatoms. The van der Waals surface area contributed by atoms with Crippen molar-refractivity contribution in [3.05, 3.63) is 81.9 Å². The van der Waals surface area contributed by atoms with Crippen LogP contribution in [0.2, 0.25) is 0 Å². The number of benzene rings is 3. The fourth-order valence-electron chi connectivity index (χ4n) is 2.38. The molecule has 0 saturated heterocycles. The van der Waals surface area contributed by atoms with Gasteiger partial charge in [0, 0.05) is 11.6 Å². The van der Waals surface area contributed by atoms with Gasteiger partial charge in [-0.3, -0.25) is 10.1 Å². The summed E-state index contributed by atoms with van der Waals surface area (Å²) in [4.78, 5) is 22.5. The van der Waals surface area contributed by atoms with E-state index in [2.05, 4.69) is 0 Å². The molecule has 0 atom stereocenters. The molecule has 3 rings (SSSR count). The molecular weight excluding hydrogens is 294 g/mol. The summed E-state index contributed by atoms with van der Waals surface area (Å²) in [6, 6.07) is 17.3. The second-order valence-electron chi connectivity index (χ2n) is 5.16. The van der Waals surface area contributed by atoms with Gasteiger partial charge in [0.2, 0.25) is 0 Å². The van der Waals surface area contributed by atoms with Gasteiger partial charge in [0.15, 0.2) is 0 Å². The lowest BCUT2D eigenvalue weighted by molar-refractivity contribution is -0.385. The van der Waals surface area contributed by atoms with E-state index >= 15 is 0 Å². The van der Waals surface area contributed by atoms with Crippen molar-refractivity contribution in [2.24, 2.45) is 0 Å². The van der Waals surface area contributed by atoms with Crippen molar-refractivity contribution in [2.75, 3.05) is 0 Å². The summed E-state index contributed by atoms with van der Waals surface area (Å²) >= 11 is 0. The van der Waals surface area contributed by atoms with Crippen molar-refractivity contribution >= 4 is 22.4 Å². The SMILES string of the molecule is Cc1cc(C(=O)Oc2ccc3ccccc3c2)ccc1[N+](=O)[O-]. The van der Waals surface area contributed by atoms with E-state index in [1.54, 1.807) is 19.1 Å². The number of nitro benzene ring substituents is 1. The summed E-state index contributed by atoms with van der Waals surface area (Å²) in [6.45, 7) is 1.59. The van der Waals surface area contributed by atoms with E-state index in [-0.39, 0.29) is 11.3 Å². The third-order valence-corrected chi connectivity index (χ3v) is 3.56. The fraction of sp³-hybridized carbons (Fsp3) is 0.0556. The third kappa shape index (κ3) is 3.03. The van der Waals surface area contributed by atoms with Gasteiger partial charge in [-0.2, -0.15) is 0 Å². The minimum atomic E-state index is -0.543. The van der Waals surface area contributed by atoms with Crippen LogP contribution in [-0.2, 0) is 0 Å². The van der Waals surface area contributed by atoms with E-state index in [9.17, 15) is 14.9 Å². The molecule has 3 aromatic rings. The van der Waals surface area contributed by atoms with Crippen LogP contribution in [0.3, 0.4) is 0 Å². The Hall–Kier alpha value is -3.21. The number of carbonyl (C=O) groups is 1. The molecule has 0 aliphatic rings. The largest absolute Gasteiger partial charge is 0.423 e. The van der Waals surface area contributed by atoms with E-state index in [0.717, 1.165) is 10.8 Å². The number of nitrogens with zero attached hydrogens (tertiary/aromatic N) is 1. The Bertz CT molecular complexity index is 918. The minimum absolute atomic E-state index is 0.0211. The number of carbonyl (C=O) groups excluding carboxylic acids is 1. The first-order chi connectivity index (χ1) is 11.0. The van der Waals surface area contributed by atoms with Gasteiger partial charge < -0.3 is 4.74 Å². The van der Waals surface area contributed by atoms with E-state index < -0.39 is 10.9 Å². The average molecular weight is 307 g/mol. The second kappa shape index (κ2) is 5.88. The molecule has 0 aliphatic carbocycles. The van der Waals surface area contributed by atoms with E-state index in [0.29, 0.717) is 11.3 Å². The number of esters is 1. The Balaban J connectivity index is 1.85. The standard InChI is InChI=1S/C18H13NO4/c1-12-10-15(7-9-17(12)19(21)22)18(20)23-16-8-6-13-4-2-3-5-14(13)11-16/h2-11H,1H3. The molecule has 23 heavy (non-hydrogen) atoms. The van der Waals surface area contributed by atoms with Gasteiger partial charge in [0.25, 0.3) is 5.69 Å². The number of hydrogen-bond acceptors (Lipinski definition) is 4. The van der Waals surface area contributed by atoms with Gasteiger partial charge in [0.05, 0.1) is 10.5 Å². The third-order valence-electron chi connectivity index (χ3n) is 3.56. The maximum atomic E-state index is 12.2. The number of fused-ring (bicyclic) bond motifs is 1. The topological polar surface area (TPSA) is 69.4 Å². The molecular formula is C18H13NO4. The van der Waals surface area contributed by atoms with Crippen LogP contribution in [0.25, 0.3) is 10.8 Å². The molecule has 0 heterocycles. The van der Waals surface area contributed by atoms with Gasteiger partial charge in [-0.05, 0) is 42.0 Å². The lowest BCUT2D eigenvalue weighted by Gasteiger charge is -2.06. The van der Waals surface area contributed by atoms with Crippen LogP contribution >= 0.6 is 0 Å². The van der Waals surface area contributed by atoms with Crippen LogP contribution in [0.15, 0.2) is 60.7 Å². The Morgan fingerprint density at radius 2 is 1.74 bits per heavy atom. The van der Waals surface area contributed by atoms with Crippen LogP contribution in [0.4, 0.5) is 5.69 Å². The Labute approximate surface area is 132 Å². The molecule has 0 aromatic heterocycles. The maximum Gasteiger partial charge on any atom is 0.343 e. The first kappa shape index (κ1) is 14.7. The molecule has 0 aliphatic heterocycles. The zero-order valence-corrected chi connectivity index (χ0v) is 12.4. The predicted octanol–water partition coefficient (Wildman–Crippen LogP) is 4.28. The summed E-state index contributed by atoms with van der Waals surface area (Å²) in [5, 5.41) is 12.8. The monoisotopic (exact) mass is 307 g/mol. The van der Waals surface area contributed by atoms with Crippen LogP contribution in [0, 0.1) is 17.0 Å². The van der Waals surface area contributed by atoms with Crippen LogP contribution < -0.4 is 4.74 Å². The maximum absolute atomic E-state index is 12.2. The first-order valence-electron chi connectivity index (χ1n) is 7.00. The molecule has 3 aromatic carbocycles. The zero-order chi connectivity index (χ0) is 16.4. The Morgan fingerprint density at radius 1 is 1.00 bits per heavy atom. The summed E-state index contributed by atoms with van der Waals surface area (Å²) in [7, 11) is 0. The molecule has 114 valence electrons. The summed E-state index contributed by atoms with van der Waals surface area (Å²) in [6.07, 6.45) is 0. The number of hydrogen-bond donors (Lipinski definition) is 0. The molecule has 0 bridgehead atoms. The Kier molecular flexibility index (Phi) is 3.76. The molecule has 0 saturated carbocycles. The lowest BCUT2D eigenvalue weighted by Crippen LogP contribution is -2.09. The smallest absolute Gasteiger partial charge is 0.343 e. The number of ether oxygens (including phenoxy) is 1. The number of rotatable bonds is 3. The normalized spacial score (nSPS) is 10.5. The molecule has 0 spiro atoms. The van der Waals surface area contributed by atoms with Crippen LogP contribution in [0.5, 0.6) is 5.75 Å². The number of nitro groups is 1. The van der Waals surface area contributed by atoms with E-state index in [4.69, 9.17) is 4.74 Å². The summed E-state index contributed by atoms with van der Waals surface area (Å²) < 4.78 is 5.36. The molecule has 0 unspecified atom stereocenters. The van der Waals surface area contributed by atoms with E-state index in [1.165, 1.54) is 18.2 Å². The van der Waals surface area contributed by atoms with Crippen molar-refractivity contribution < 1.29 is 14.5 Å². The molecule has 0 fully saturated rings. The molecule has 0 N–H and O–H groups in total. The second-order valence-corrected chi connectivity index (χ2v) is 5.16. The quantitative estimate of drug-likeness (QED) is 0.313. The molecule has 5 nitrogen and oxygen atoms in total. The predicted molar refractivity (Wildman–Crippen MR) is 86.7 cm³/mol. The summed E-state index contributed by atoms with van der Waals surface area (Å²) in [5.41, 5.74) is 0.677. The fourth-order valence-corrected chi connectivity index (χ4v) is 2.38. The van der Waals surface area contributed by atoms with Gasteiger partial charge in [-0.25, -0.2) is 4.79 Å². The minimum Gasteiger partial charge on any atom is -0.423 e. The lowest BCUT2D eigenvalue weighted by atomic mass is 10.1. The number of aryl methyl sites for hydroxylation is 1. The first-order valence-corrected chi connectivity index (χ1v) is 7.00. The van der Waals surface area contributed by atoms with Crippen molar-refractivity contribution in [3.63, 3.8) is 0 Å². The van der Waals surface area contributed by atoms with Gasteiger partial charge >= 0.3 is 5.97 Å². The van der Waals surface area contributed by atoms with Crippen LogP contribution in [0.1, 0.15) is 15.9 Å². The Morgan fingerprint density at radius 3 is 2.43 bits per heavy atom. The van der Waals surface area contributed by atoms with Gasteiger partial charge in [-0.15, -0.1) is 0 Å². The van der Waals surface area contributed by atoms with Gasteiger partial charge in [0.1, 0.15) is 5.75 Å². The highest BCUT2D eigenvalue weighted by Gasteiger charge is 2.15. The highest BCUT2D eigenvalue weighted by Crippen LogP contribution is 2.23. The molecule has 0 amide bonds. The van der Waals surface area contributed by atoms with E-state index in [1.807, 2.05) is 30.3 Å². The van der Waals surface area contributed by atoms with Crippen molar-refractivity contribution in [2.45, 2.75) is 6.92 Å². The van der Waals surface area contributed by atoms with Crippen molar-refractivity contribution in [1.82, 2.24) is 0 Å². The van der Waals surface area contributed by atoms with Gasteiger partial charge in [-0.1, -0.05) is 30.3 Å². The average Bonchev–Trinajstić information content (AvgIpc) is 2.54. The van der Waals surface area contributed by atoms with Crippen molar-refractivity contribution in [3.8, 4) is 5.75 Å². The highest BCUT2D eigenvalue weighted by atomic mass is 16.6. The molecule has 0 radical (unpaired) electrons. The highest BCUT2D eigenvalue weighted by molar-refractivity contribution is 5.92. The summed E-state index contributed by atoms with van der Waals surface area (Å²) in [5.74, 6) is -0.108. The zero-order valence-electron chi connectivity index (χ0n) is 12.4.